The smallest absolute Gasteiger partial charge is 0.120 e. The molecule has 24 heavy (non-hydrogen) atoms. The van der Waals surface area contributed by atoms with Crippen molar-refractivity contribution in [1.82, 2.24) is 14.8 Å². The monoisotopic (exact) mass is 325 g/mol. The molecular weight excluding hydrogens is 298 g/mol. The van der Waals surface area contributed by atoms with Crippen LogP contribution < -0.4 is 4.74 Å². The number of aryl methyl sites for hydroxylation is 1. The normalized spacial score (nSPS) is 16.2. The Morgan fingerprint density at radius 1 is 1.04 bits per heavy atom. The third-order valence-electron chi connectivity index (χ3n) is 4.56. The molecule has 0 bridgehead atoms. The number of pyridine rings is 1. The molecule has 2 heterocycles. The summed E-state index contributed by atoms with van der Waals surface area (Å²) in [5, 5.41) is 0. The molecule has 4 heteroatoms. The van der Waals surface area contributed by atoms with Gasteiger partial charge in [-0.05, 0) is 50.2 Å². The van der Waals surface area contributed by atoms with Crippen LogP contribution in [-0.2, 0) is 13.0 Å². The van der Waals surface area contributed by atoms with Crippen molar-refractivity contribution in [3.05, 3.63) is 59.9 Å². The summed E-state index contributed by atoms with van der Waals surface area (Å²) in [6.45, 7) is 6.54. The molecule has 0 amide bonds. The minimum atomic E-state index is 0.568. The first-order chi connectivity index (χ1) is 11.8. The van der Waals surface area contributed by atoms with Crippen molar-refractivity contribution >= 4 is 0 Å². The zero-order valence-electron chi connectivity index (χ0n) is 14.5. The van der Waals surface area contributed by atoms with Crippen molar-refractivity contribution in [2.45, 2.75) is 19.4 Å². The first-order valence-electron chi connectivity index (χ1n) is 8.81. The molecule has 0 atom stereocenters. The van der Waals surface area contributed by atoms with E-state index in [1.807, 2.05) is 24.4 Å². The number of ether oxygens (including phenoxy) is 1. The Balaban J connectivity index is 1.43. The van der Waals surface area contributed by atoms with E-state index in [4.69, 9.17) is 4.74 Å². The summed E-state index contributed by atoms with van der Waals surface area (Å²) in [6, 6.07) is 12.5. The standard InChI is InChI=1S/C20H27N3O/c1-22-11-13-23(14-12-22)10-4-7-18-5-2-8-20(15-18)24-17-19-6-3-9-21-16-19/h2-3,5-6,8-9,15-16H,4,7,10-14,17H2,1H3. The molecule has 0 saturated carbocycles. The molecule has 1 aromatic heterocycles. The van der Waals surface area contributed by atoms with E-state index in [9.17, 15) is 0 Å². The Morgan fingerprint density at radius 3 is 2.67 bits per heavy atom. The van der Waals surface area contributed by atoms with Crippen molar-refractivity contribution in [2.24, 2.45) is 0 Å². The number of piperazine rings is 1. The van der Waals surface area contributed by atoms with Crippen LogP contribution in [0.4, 0.5) is 0 Å². The highest BCUT2D eigenvalue weighted by atomic mass is 16.5. The molecule has 4 nitrogen and oxygen atoms in total. The summed E-state index contributed by atoms with van der Waals surface area (Å²) in [7, 11) is 2.20. The Bertz CT molecular complexity index is 609. The SMILES string of the molecule is CN1CCN(CCCc2cccc(OCc3cccnc3)c2)CC1. The number of benzene rings is 1. The van der Waals surface area contributed by atoms with Gasteiger partial charge >= 0.3 is 0 Å². The van der Waals surface area contributed by atoms with Gasteiger partial charge in [0.15, 0.2) is 0 Å². The van der Waals surface area contributed by atoms with Crippen LogP contribution in [-0.4, -0.2) is 54.6 Å². The first kappa shape index (κ1) is 16.9. The van der Waals surface area contributed by atoms with Crippen molar-refractivity contribution in [3.8, 4) is 5.75 Å². The predicted molar refractivity (Wildman–Crippen MR) is 97.3 cm³/mol. The molecule has 1 aliphatic heterocycles. The van der Waals surface area contributed by atoms with Crippen LogP contribution in [0.2, 0.25) is 0 Å². The summed E-state index contributed by atoms with van der Waals surface area (Å²) in [4.78, 5) is 9.09. The summed E-state index contributed by atoms with van der Waals surface area (Å²) in [6.07, 6.45) is 5.94. The second-order valence-electron chi connectivity index (χ2n) is 6.55. The zero-order valence-corrected chi connectivity index (χ0v) is 14.5. The van der Waals surface area contributed by atoms with Crippen molar-refractivity contribution < 1.29 is 4.74 Å². The number of rotatable bonds is 7. The van der Waals surface area contributed by atoms with E-state index in [0.29, 0.717) is 6.61 Å². The maximum atomic E-state index is 5.88. The lowest BCUT2D eigenvalue weighted by Crippen LogP contribution is -2.44. The third-order valence-corrected chi connectivity index (χ3v) is 4.56. The highest BCUT2D eigenvalue weighted by Crippen LogP contribution is 2.16. The number of likely N-dealkylation sites (N-methyl/N-ethyl adjacent to an activating group) is 1. The maximum Gasteiger partial charge on any atom is 0.120 e. The Labute approximate surface area is 145 Å². The van der Waals surface area contributed by atoms with Gasteiger partial charge in [-0.3, -0.25) is 4.98 Å². The zero-order chi connectivity index (χ0) is 16.6. The van der Waals surface area contributed by atoms with Gasteiger partial charge in [-0.1, -0.05) is 18.2 Å². The van der Waals surface area contributed by atoms with Crippen molar-refractivity contribution in [2.75, 3.05) is 39.8 Å². The van der Waals surface area contributed by atoms with Gasteiger partial charge in [0.25, 0.3) is 0 Å². The molecule has 1 saturated heterocycles. The van der Waals surface area contributed by atoms with Crippen molar-refractivity contribution in [1.29, 1.82) is 0 Å². The molecule has 0 radical (unpaired) electrons. The van der Waals surface area contributed by atoms with Gasteiger partial charge in [0.1, 0.15) is 12.4 Å². The van der Waals surface area contributed by atoms with E-state index in [2.05, 4.69) is 40.0 Å². The van der Waals surface area contributed by atoms with Crippen LogP contribution >= 0.6 is 0 Å². The van der Waals surface area contributed by atoms with Gasteiger partial charge in [-0.15, -0.1) is 0 Å². The summed E-state index contributed by atoms with van der Waals surface area (Å²) in [5.41, 5.74) is 2.45. The summed E-state index contributed by atoms with van der Waals surface area (Å²) < 4.78 is 5.88. The lowest BCUT2D eigenvalue weighted by molar-refractivity contribution is 0.153. The highest BCUT2D eigenvalue weighted by Gasteiger charge is 2.12. The number of hydrogen-bond donors (Lipinski definition) is 0. The Hall–Kier alpha value is -1.91. The molecule has 0 N–H and O–H groups in total. The fraction of sp³-hybridized carbons (Fsp3) is 0.450. The molecule has 3 rings (SSSR count). The van der Waals surface area contributed by atoms with Crippen molar-refractivity contribution in [3.63, 3.8) is 0 Å². The number of aromatic nitrogens is 1. The number of nitrogens with zero attached hydrogens (tertiary/aromatic N) is 3. The quantitative estimate of drug-likeness (QED) is 0.783. The molecule has 1 aliphatic rings. The van der Waals surface area contributed by atoms with Gasteiger partial charge in [-0.25, -0.2) is 0 Å². The molecule has 0 aliphatic carbocycles. The van der Waals surface area contributed by atoms with Crippen LogP contribution in [0, 0.1) is 0 Å². The molecule has 128 valence electrons. The van der Waals surface area contributed by atoms with Gasteiger partial charge in [0, 0.05) is 44.1 Å². The van der Waals surface area contributed by atoms with Gasteiger partial charge in [0.2, 0.25) is 0 Å². The molecule has 0 unspecified atom stereocenters. The van der Waals surface area contributed by atoms with Gasteiger partial charge in [0.05, 0.1) is 0 Å². The molecule has 2 aromatic rings. The van der Waals surface area contributed by atoms with E-state index >= 15 is 0 Å². The minimum absolute atomic E-state index is 0.568. The van der Waals surface area contributed by atoms with Gasteiger partial charge < -0.3 is 14.5 Å². The fourth-order valence-corrected chi connectivity index (χ4v) is 3.02. The summed E-state index contributed by atoms with van der Waals surface area (Å²) >= 11 is 0. The lowest BCUT2D eigenvalue weighted by Gasteiger charge is -2.32. The predicted octanol–water partition coefficient (Wildman–Crippen LogP) is 2.84. The maximum absolute atomic E-state index is 5.88. The van der Waals surface area contributed by atoms with E-state index in [1.54, 1.807) is 6.20 Å². The highest BCUT2D eigenvalue weighted by molar-refractivity contribution is 5.29. The molecule has 1 aromatic carbocycles. The molecule has 0 spiro atoms. The second-order valence-corrected chi connectivity index (χ2v) is 6.55. The van der Waals surface area contributed by atoms with Crippen LogP contribution in [0.15, 0.2) is 48.8 Å². The first-order valence-corrected chi connectivity index (χ1v) is 8.81. The Morgan fingerprint density at radius 2 is 1.88 bits per heavy atom. The second kappa shape index (κ2) is 8.81. The minimum Gasteiger partial charge on any atom is -0.489 e. The third kappa shape index (κ3) is 5.32. The van der Waals surface area contributed by atoms with Crippen LogP contribution in [0.1, 0.15) is 17.5 Å². The molecule has 1 fully saturated rings. The largest absolute Gasteiger partial charge is 0.489 e. The average Bonchev–Trinajstić information content (AvgIpc) is 2.63. The van der Waals surface area contributed by atoms with Crippen LogP contribution in [0.3, 0.4) is 0 Å². The Kier molecular flexibility index (Phi) is 6.21. The van der Waals surface area contributed by atoms with E-state index in [1.165, 1.54) is 44.7 Å². The average molecular weight is 325 g/mol. The topological polar surface area (TPSA) is 28.6 Å². The van der Waals surface area contributed by atoms with E-state index in [0.717, 1.165) is 17.7 Å². The van der Waals surface area contributed by atoms with E-state index < -0.39 is 0 Å². The van der Waals surface area contributed by atoms with E-state index in [-0.39, 0.29) is 0 Å². The van der Waals surface area contributed by atoms with Crippen LogP contribution in [0.5, 0.6) is 5.75 Å². The lowest BCUT2D eigenvalue weighted by atomic mass is 10.1. The van der Waals surface area contributed by atoms with Crippen LogP contribution in [0.25, 0.3) is 0 Å². The number of hydrogen-bond acceptors (Lipinski definition) is 4. The summed E-state index contributed by atoms with van der Waals surface area (Å²) in [5.74, 6) is 0.941. The van der Waals surface area contributed by atoms with Gasteiger partial charge in [-0.2, -0.15) is 0 Å². The molecular formula is C20H27N3O. The fourth-order valence-electron chi connectivity index (χ4n) is 3.02.